The number of nitrogens with one attached hydrogen (secondary N) is 1. The molecule has 0 saturated carbocycles. The van der Waals surface area contributed by atoms with Crippen LogP contribution in [0.4, 0.5) is 24.8 Å². The third kappa shape index (κ3) is 4.61. The Balaban J connectivity index is 2.01. The van der Waals surface area contributed by atoms with Gasteiger partial charge >= 0.3 is 17.8 Å². The number of aryl methyl sites for hydroxylation is 1. The minimum absolute atomic E-state index is 0.00543. The number of nitrogens with zero attached hydrogens (tertiary/aromatic N) is 4. The third-order valence-corrected chi connectivity index (χ3v) is 6.15. The van der Waals surface area contributed by atoms with Crippen LogP contribution in [-0.2, 0) is 22.1 Å². The van der Waals surface area contributed by atoms with Gasteiger partial charge in [0.2, 0.25) is 5.95 Å². The number of carbonyl (C=O) groups excluding carboxylic acids is 1. The van der Waals surface area contributed by atoms with Crippen molar-refractivity contribution in [1.29, 1.82) is 5.26 Å². The van der Waals surface area contributed by atoms with Crippen LogP contribution in [0.2, 0.25) is 0 Å². The summed E-state index contributed by atoms with van der Waals surface area (Å²) in [7, 11) is 1.16. The lowest BCUT2D eigenvalue weighted by Crippen LogP contribution is -2.38. The lowest BCUT2D eigenvalue weighted by atomic mass is 9.88. The van der Waals surface area contributed by atoms with Gasteiger partial charge in [-0.3, -0.25) is 4.90 Å². The molecule has 1 aromatic heterocycles. The molecule has 1 aliphatic heterocycles. The second-order valence-corrected chi connectivity index (χ2v) is 8.33. The smallest absolute Gasteiger partial charge is 0.416 e. The van der Waals surface area contributed by atoms with E-state index in [1.165, 1.54) is 34.6 Å². The summed E-state index contributed by atoms with van der Waals surface area (Å²) in [6.07, 6.45) is -3.93. The summed E-state index contributed by atoms with van der Waals surface area (Å²) in [6, 6.07) is 10.2. The fraction of sp³-hybridized carbons (Fsp3) is 0.280. The summed E-state index contributed by atoms with van der Waals surface area (Å²) in [6.45, 7) is 1.40. The number of benzene rings is 2. The first-order chi connectivity index (χ1) is 17.6. The number of aromatic amines is 1. The molecule has 2 aromatic carbocycles. The Bertz CT molecular complexity index is 1480. The molecule has 0 radical (unpaired) electrons. The van der Waals surface area contributed by atoms with E-state index in [0.29, 0.717) is 29.5 Å². The van der Waals surface area contributed by atoms with Crippen LogP contribution in [0, 0.1) is 11.3 Å². The van der Waals surface area contributed by atoms with Crippen molar-refractivity contribution in [3.05, 3.63) is 86.5 Å². The van der Waals surface area contributed by atoms with Crippen LogP contribution in [0.25, 0.3) is 0 Å². The minimum Gasteiger partial charge on any atom is -0.466 e. The van der Waals surface area contributed by atoms with Crippen molar-refractivity contribution in [3.63, 3.8) is 0 Å². The summed E-state index contributed by atoms with van der Waals surface area (Å²) in [5.74, 6) is -0.826. The van der Waals surface area contributed by atoms with Crippen molar-refractivity contribution in [3.8, 4) is 6.07 Å². The van der Waals surface area contributed by atoms with Gasteiger partial charge < -0.3 is 9.84 Å². The highest BCUT2D eigenvalue weighted by atomic mass is 19.4. The van der Waals surface area contributed by atoms with Crippen LogP contribution >= 0.6 is 0 Å². The average Bonchev–Trinajstić information content (AvgIpc) is 3.26. The quantitative estimate of drug-likeness (QED) is 0.483. The number of halogens is 3. The number of carbonyl (C=O) groups is 1. The number of fused-ring (bicyclic) bond motifs is 1. The zero-order valence-electron chi connectivity index (χ0n) is 19.8. The first-order valence-electron chi connectivity index (χ1n) is 11.2. The molecule has 0 bridgehead atoms. The predicted molar refractivity (Wildman–Crippen MR) is 126 cm³/mol. The molecule has 1 aliphatic rings. The first-order valence-corrected chi connectivity index (χ1v) is 11.2. The molecular formula is C25H22F3N5O4. The highest BCUT2D eigenvalue weighted by molar-refractivity contribution is 5.93. The van der Waals surface area contributed by atoms with E-state index in [0.717, 1.165) is 19.2 Å². The number of esters is 1. The van der Waals surface area contributed by atoms with Crippen LogP contribution in [0.15, 0.2) is 58.5 Å². The Morgan fingerprint density at radius 3 is 2.68 bits per heavy atom. The number of rotatable bonds is 6. The van der Waals surface area contributed by atoms with E-state index in [1.807, 2.05) is 6.07 Å². The molecule has 2 N–H and O–H groups in total. The fourth-order valence-corrected chi connectivity index (χ4v) is 4.51. The number of methoxy groups -OCH3 is 1. The Hall–Kier alpha value is -4.37. The Labute approximate surface area is 209 Å². The van der Waals surface area contributed by atoms with Gasteiger partial charge in [-0.15, -0.1) is 5.10 Å². The number of hydrogen-bond acceptors (Lipinski definition) is 7. The van der Waals surface area contributed by atoms with Crippen LogP contribution in [0.5, 0.6) is 0 Å². The predicted octanol–water partition coefficient (Wildman–Crippen LogP) is 3.57. The van der Waals surface area contributed by atoms with Gasteiger partial charge in [0.1, 0.15) is 6.04 Å². The monoisotopic (exact) mass is 513 g/mol. The number of hydrogen-bond donors (Lipinski definition) is 2. The maximum atomic E-state index is 13.5. The molecule has 37 heavy (non-hydrogen) atoms. The highest BCUT2D eigenvalue weighted by Crippen LogP contribution is 2.43. The van der Waals surface area contributed by atoms with Gasteiger partial charge in [0.05, 0.1) is 29.9 Å². The first kappa shape index (κ1) is 25.7. The zero-order valence-corrected chi connectivity index (χ0v) is 19.8. The van der Waals surface area contributed by atoms with Crippen LogP contribution in [0.1, 0.15) is 41.6 Å². The number of ether oxygens (including phenoxy) is 1. The number of anilines is 2. The van der Waals surface area contributed by atoms with E-state index in [2.05, 4.69) is 10.2 Å². The number of H-pyrrole nitrogens is 1. The van der Waals surface area contributed by atoms with Crippen molar-refractivity contribution in [2.45, 2.75) is 32.0 Å². The molecule has 0 aliphatic carbocycles. The minimum atomic E-state index is -4.62. The van der Waals surface area contributed by atoms with E-state index >= 15 is 0 Å². The number of aliphatic hydroxyl groups excluding tert-OH is 1. The largest absolute Gasteiger partial charge is 0.466 e. The molecule has 0 fully saturated rings. The van der Waals surface area contributed by atoms with Gasteiger partial charge in [0, 0.05) is 18.0 Å². The molecule has 4 rings (SSSR count). The van der Waals surface area contributed by atoms with Gasteiger partial charge in [-0.2, -0.15) is 18.4 Å². The SMILES string of the molecule is COC(=O)C1=C(C)N(c2cccc(C(F)(F)F)c2)c2n[nH]c(=O)n2C1c1ccc(C#N)cc1CCCO. The highest BCUT2D eigenvalue weighted by Gasteiger charge is 2.40. The number of aliphatic hydroxyl groups is 1. The molecule has 192 valence electrons. The molecule has 0 spiro atoms. The van der Waals surface area contributed by atoms with E-state index < -0.39 is 29.4 Å². The zero-order chi connectivity index (χ0) is 26.9. The number of alkyl halides is 3. The number of allylic oxidation sites excluding steroid dienone is 1. The van der Waals surface area contributed by atoms with Crippen LogP contribution < -0.4 is 10.6 Å². The lowest BCUT2D eigenvalue weighted by Gasteiger charge is -2.36. The third-order valence-electron chi connectivity index (χ3n) is 6.15. The van der Waals surface area contributed by atoms with Crippen molar-refractivity contribution in [2.24, 2.45) is 0 Å². The van der Waals surface area contributed by atoms with Crippen molar-refractivity contribution >= 4 is 17.6 Å². The number of aromatic nitrogens is 3. The topological polar surface area (TPSA) is 124 Å². The molecule has 3 aromatic rings. The second-order valence-electron chi connectivity index (χ2n) is 8.33. The van der Waals surface area contributed by atoms with Gasteiger partial charge in [-0.25, -0.2) is 19.3 Å². The van der Waals surface area contributed by atoms with E-state index in [4.69, 9.17) is 4.74 Å². The molecular weight excluding hydrogens is 491 g/mol. The molecule has 12 heteroatoms. The molecule has 1 unspecified atom stereocenters. The molecule has 2 heterocycles. The van der Waals surface area contributed by atoms with Crippen molar-refractivity contribution in [1.82, 2.24) is 14.8 Å². The summed E-state index contributed by atoms with van der Waals surface area (Å²) in [5, 5.41) is 25.2. The molecule has 1 atom stereocenters. The van der Waals surface area contributed by atoms with Gasteiger partial charge in [0.25, 0.3) is 0 Å². The fourth-order valence-electron chi connectivity index (χ4n) is 4.51. The van der Waals surface area contributed by atoms with Gasteiger partial charge in [0.15, 0.2) is 0 Å². The number of nitriles is 1. The average molecular weight is 513 g/mol. The molecule has 0 saturated heterocycles. The Morgan fingerprint density at radius 1 is 1.27 bits per heavy atom. The van der Waals surface area contributed by atoms with E-state index in [-0.39, 0.29) is 29.5 Å². The standard InChI is InChI=1S/C25H22F3N5O4/c1-14-20(22(35)37-2)21(19-9-8-15(13-29)11-16(19)5-4-10-34)33-23(30-31-24(33)36)32(14)18-7-3-6-17(12-18)25(26,27)28/h3,6-9,11-12,21,34H,4-5,10H2,1-2H3,(H,31,36). The summed E-state index contributed by atoms with van der Waals surface area (Å²) in [5.41, 5.74) is 0.0714. The Morgan fingerprint density at radius 2 is 2.03 bits per heavy atom. The second kappa shape index (κ2) is 9.94. The molecule has 9 nitrogen and oxygen atoms in total. The van der Waals surface area contributed by atoms with Crippen LogP contribution in [-0.4, -0.2) is 39.6 Å². The Kier molecular flexibility index (Phi) is 6.91. The van der Waals surface area contributed by atoms with Gasteiger partial charge in [-0.1, -0.05) is 12.1 Å². The summed E-state index contributed by atoms with van der Waals surface area (Å²) < 4.78 is 46.6. The van der Waals surface area contributed by atoms with Gasteiger partial charge in [-0.05, 0) is 61.2 Å². The van der Waals surface area contributed by atoms with E-state index in [9.17, 15) is 33.1 Å². The van der Waals surface area contributed by atoms with Crippen LogP contribution in [0.3, 0.4) is 0 Å². The van der Waals surface area contributed by atoms with Crippen molar-refractivity contribution < 1.29 is 27.8 Å². The van der Waals surface area contributed by atoms with E-state index in [1.54, 1.807) is 12.1 Å². The lowest BCUT2D eigenvalue weighted by molar-refractivity contribution is -0.138. The molecule has 0 amide bonds. The summed E-state index contributed by atoms with van der Waals surface area (Å²) >= 11 is 0. The normalized spacial score (nSPS) is 15.4. The summed E-state index contributed by atoms with van der Waals surface area (Å²) in [4.78, 5) is 27.4. The maximum absolute atomic E-state index is 13.5. The maximum Gasteiger partial charge on any atom is 0.416 e. The van der Waals surface area contributed by atoms with Crippen molar-refractivity contribution in [2.75, 3.05) is 18.6 Å².